The lowest BCUT2D eigenvalue weighted by Crippen LogP contribution is -2.40. The van der Waals surface area contributed by atoms with E-state index < -0.39 is 9.84 Å². The molecule has 0 radical (unpaired) electrons. The number of hydrogen-bond acceptors (Lipinski definition) is 6. The molecular formula is C21H22N2O4S2. The van der Waals surface area contributed by atoms with Gasteiger partial charge in [-0.15, -0.1) is 11.3 Å². The lowest BCUT2D eigenvalue weighted by molar-refractivity contribution is 0.0672. The van der Waals surface area contributed by atoms with Gasteiger partial charge >= 0.3 is 0 Å². The first-order chi connectivity index (χ1) is 13.8. The average molecular weight is 431 g/mol. The second-order valence-electron chi connectivity index (χ2n) is 7.46. The molecule has 0 bridgehead atoms. The first-order valence-corrected chi connectivity index (χ1v) is 12.1. The maximum absolute atomic E-state index is 13.3. The molecule has 1 atom stereocenters. The molecule has 1 aliphatic rings. The van der Waals surface area contributed by atoms with Crippen LogP contribution in [0.1, 0.15) is 32.9 Å². The summed E-state index contributed by atoms with van der Waals surface area (Å²) < 4.78 is 29.5. The van der Waals surface area contributed by atoms with Gasteiger partial charge in [-0.3, -0.25) is 4.79 Å². The maximum atomic E-state index is 13.3. The van der Waals surface area contributed by atoms with Crippen molar-refractivity contribution in [2.45, 2.75) is 32.9 Å². The van der Waals surface area contributed by atoms with Gasteiger partial charge in [0.2, 0.25) is 0 Å². The molecule has 1 amide bonds. The standard InChI is InChI=1S/C21H22N2O4S2/c1-14-3-5-16(6-4-14)19-11-18(22-27-19)21(24)23(12-20-15(2)7-9-28-20)17-8-10-29(25,26)13-17/h3-7,9,11,17H,8,10,12-13H2,1-2H3/t17-/m0/s1. The first-order valence-electron chi connectivity index (χ1n) is 9.40. The van der Waals surface area contributed by atoms with Crippen LogP contribution >= 0.6 is 11.3 Å². The van der Waals surface area contributed by atoms with Crippen molar-refractivity contribution in [3.05, 3.63) is 63.5 Å². The van der Waals surface area contributed by atoms with Crippen LogP contribution in [0.5, 0.6) is 0 Å². The third-order valence-corrected chi connectivity index (χ3v) is 8.02. The molecule has 0 spiro atoms. The quantitative estimate of drug-likeness (QED) is 0.614. The molecule has 152 valence electrons. The summed E-state index contributed by atoms with van der Waals surface area (Å²) in [5.41, 5.74) is 3.25. The fourth-order valence-corrected chi connectivity index (χ4v) is 6.12. The number of amides is 1. The van der Waals surface area contributed by atoms with Crippen molar-refractivity contribution >= 4 is 27.1 Å². The van der Waals surface area contributed by atoms with E-state index in [1.54, 1.807) is 22.3 Å². The number of sulfone groups is 1. The van der Waals surface area contributed by atoms with Gasteiger partial charge < -0.3 is 9.42 Å². The second kappa shape index (κ2) is 7.76. The summed E-state index contributed by atoms with van der Waals surface area (Å²) in [5.74, 6) is 0.311. The minimum atomic E-state index is -3.12. The van der Waals surface area contributed by atoms with Crippen LogP contribution in [0.3, 0.4) is 0 Å². The topological polar surface area (TPSA) is 80.5 Å². The number of benzene rings is 1. The van der Waals surface area contributed by atoms with E-state index in [0.717, 1.165) is 21.6 Å². The molecule has 0 N–H and O–H groups in total. The molecule has 6 nitrogen and oxygen atoms in total. The van der Waals surface area contributed by atoms with E-state index in [1.165, 1.54) is 0 Å². The lowest BCUT2D eigenvalue weighted by Gasteiger charge is -2.27. The van der Waals surface area contributed by atoms with Gasteiger partial charge in [-0.05, 0) is 37.3 Å². The number of rotatable bonds is 5. The minimum absolute atomic E-state index is 0.00810. The normalized spacial score (nSPS) is 18.1. The molecule has 0 aliphatic carbocycles. The molecule has 0 saturated carbocycles. The number of thiophene rings is 1. The zero-order valence-electron chi connectivity index (χ0n) is 16.3. The minimum Gasteiger partial charge on any atom is -0.355 e. The zero-order valence-corrected chi connectivity index (χ0v) is 17.9. The van der Waals surface area contributed by atoms with Crippen molar-refractivity contribution in [2.75, 3.05) is 11.5 Å². The Morgan fingerprint density at radius 3 is 2.62 bits per heavy atom. The molecule has 4 rings (SSSR count). The Hall–Kier alpha value is -2.45. The molecule has 0 unspecified atom stereocenters. The number of hydrogen-bond donors (Lipinski definition) is 0. The van der Waals surface area contributed by atoms with Crippen molar-refractivity contribution in [1.29, 1.82) is 0 Å². The fraction of sp³-hybridized carbons (Fsp3) is 0.333. The van der Waals surface area contributed by atoms with Crippen molar-refractivity contribution in [3.63, 3.8) is 0 Å². The summed E-state index contributed by atoms with van der Waals surface area (Å²) in [6.45, 7) is 4.36. The Kier molecular flexibility index (Phi) is 5.31. The SMILES string of the molecule is Cc1ccc(-c2cc(C(=O)N(Cc3sccc3C)[C@H]3CCS(=O)(=O)C3)no2)cc1. The molecule has 29 heavy (non-hydrogen) atoms. The Balaban J connectivity index is 1.62. The predicted octanol–water partition coefficient (Wildman–Crippen LogP) is 3.85. The van der Waals surface area contributed by atoms with Gasteiger partial charge in [-0.25, -0.2) is 8.42 Å². The van der Waals surface area contributed by atoms with Crippen LogP contribution in [0.4, 0.5) is 0 Å². The van der Waals surface area contributed by atoms with Gasteiger partial charge in [-0.1, -0.05) is 35.0 Å². The lowest BCUT2D eigenvalue weighted by atomic mass is 10.1. The van der Waals surface area contributed by atoms with Crippen LogP contribution in [-0.2, 0) is 16.4 Å². The van der Waals surface area contributed by atoms with E-state index in [-0.39, 0.29) is 29.1 Å². The second-order valence-corrected chi connectivity index (χ2v) is 10.7. The molecular weight excluding hydrogens is 408 g/mol. The van der Waals surface area contributed by atoms with E-state index in [1.807, 2.05) is 49.6 Å². The van der Waals surface area contributed by atoms with Crippen molar-refractivity contribution < 1.29 is 17.7 Å². The smallest absolute Gasteiger partial charge is 0.276 e. The number of nitrogens with zero attached hydrogens (tertiary/aromatic N) is 2. The third kappa shape index (κ3) is 4.28. The highest BCUT2D eigenvalue weighted by atomic mass is 32.2. The first kappa shape index (κ1) is 19.8. The molecule has 1 fully saturated rings. The fourth-order valence-electron chi connectivity index (χ4n) is 3.49. The maximum Gasteiger partial charge on any atom is 0.276 e. The summed E-state index contributed by atoms with van der Waals surface area (Å²) in [5, 5.41) is 5.96. The largest absolute Gasteiger partial charge is 0.355 e. The summed E-state index contributed by atoms with van der Waals surface area (Å²) in [4.78, 5) is 16.0. The van der Waals surface area contributed by atoms with Crippen LogP contribution in [0, 0.1) is 13.8 Å². The van der Waals surface area contributed by atoms with Crippen LogP contribution < -0.4 is 0 Å². The van der Waals surface area contributed by atoms with Crippen LogP contribution in [0.2, 0.25) is 0 Å². The van der Waals surface area contributed by atoms with Gasteiger partial charge in [0.15, 0.2) is 21.3 Å². The molecule has 3 heterocycles. The van der Waals surface area contributed by atoms with E-state index in [0.29, 0.717) is 18.7 Å². The zero-order chi connectivity index (χ0) is 20.6. The molecule has 1 aromatic carbocycles. The van der Waals surface area contributed by atoms with Crippen molar-refractivity contribution in [2.24, 2.45) is 0 Å². The Morgan fingerprint density at radius 1 is 1.24 bits per heavy atom. The van der Waals surface area contributed by atoms with E-state index in [9.17, 15) is 13.2 Å². The third-order valence-electron chi connectivity index (χ3n) is 5.26. The van der Waals surface area contributed by atoms with Crippen LogP contribution in [0.25, 0.3) is 11.3 Å². The van der Waals surface area contributed by atoms with Gasteiger partial charge in [-0.2, -0.15) is 0 Å². The van der Waals surface area contributed by atoms with Gasteiger partial charge in [0.1, 0.15) is 0 Å². The molecule has 3 aromatic rings. The molecule has 1 aliphatic heterocycles. The number of aromatic nitrogens is 1. The summed E-state index contributed by atoms with van der Waals surface area (Å²) in [6, 6.07) is 11.0. The van der Waals surface area contributed by atoms with Gasteiger partial charge in [0.05, 0.1) is 18.1 Å². The summed E-state index contributed by atoms with van der Waals surface area (Å²) >= 11 is 1.57. The van der Waals surface area contributed by atoms with Gasteiger partial charge in [0.25, 0.3) is 5.91 Å². The number of aryl methyl sites for hydroxylation is 2. The Labute approximate surface area is 174 Å². The van der Waals surface area contributed by atoms with E-state index >= 15 is 0 Å². The average Bonchev–Trinajstić information content (AvgIpc) is 3.40. The highest BCUT2D eigenvalue weighted by Gasteiger charge is 2.36. The summed E-state index contributed by atoms with van der Waals surface area (Å²) in [7, 11) is -3.12. The van der Waals surface area contributed by atoms with Crippen LogP contribution in [-0.4, -0.2) is 41.9 Å². The van der Waals surface area contributed by atoms with Crippen molar-refractivity contribution in [1.82, 2.24) is 10.1 Å². The van der Waals surface area contributed by atoms with Gasteiger partial charge in [0, 0.05) is 22.5 Å². The number of carbonyl (C=O) groups is 1. The van der Waals surface area contributed by atoms with Crippen LogP contribution in [0.15, 0.2) is 46.3 Å². The Bertz CT molecular complexity index is 1130. The highest BCUT2D eigenvalue weighted by molar-refractivity contribution is 7.91. The molecule has 2 aromatic heterocycles. The van der Waals surface area contributed by atoms with E-state index in [2.05, 4.69) is 5.16 Å². The van der Waals surface area contributed by atoms with E-state index in [4.69, 9.17) is 4.52 Å². The number of carbonyl (C=O) groups excluding carboxylic acids is 1. The highest BCUT2D eigenvalue weighted by Crippen LogP contribution is 2.27. The predicted molar refractivity (Wildman–Crippen MR) is 113 cm³/mol. The monoisotopic (exact) mass is 430 g/mol. The molecule has 1 saturated heterocycles. The van der Waals surface area contributed by atoms with Crippen molar-refractivity contribution in [3.8, 4) is 11.3 Å². The Morgan fingerprint density at radius 2 is 2.00 bits per heavy atom. The summed E-state index contributed by atoms with van der Waals surface area (Å²) in [6.07, 6.45) is 0.446. The molecule has 8 heteroatoms.